The Labute approximate surface area is 197 Å². The molecule has 0 spiro atoms. The van der Waals surface area contributed by atoms with Gasteiger partial charge >= 0.3 is 0 Å². The van der Waals surface area contributed by atoms with Crippen molar-refractivity contribution in [2.75, 3.05) is 39.4 Å². The number of fused-ring (bicyclic) bond motifs is 2. The van der Waals surface area contributed by atoms with Gasteiger partial charge in [-0.15, -0.1) is 0 Å². The van der Waals surface area contributed by atoms with Gasteiger partial charge in [0.1, 0.15) is 11.4 Å². The number of H-pyrrole nitrogens is 1. The van der Waals surface area contributed by atoms with Gasteiger partial charge in [-0.2, -0.15) is 0 Å². The topological polar surface area (TPSA) is 70.7 Å². The summed E-state index contributed by atoms with van der Waals surface area (Å²) in [5.74, 6) is 0.838. The van der Waals surface area contributed by atoms with Crippen molar-refractivity contribution in [2.45, 2.75) is 31.4 Å². The maximum atomic E-state index is 13.4. The molecule has 7 nitrogen and oxygen atoms in total. The zero-order valence-electron chi connectivity index (χ0n) is 18.4. The van der Waals surface area contributed by atoms with E-state index in [4.69, 9.17) is 21.1 Å². The summed E-state index contributed by atoms with van der Waals surface area (Å²) in [5, 5.41) is 1.65. The molecule has 6 rings (SSSR count). The summed E-state index contributed by atoms with van der Waals surface area (Å²) >= 11 is 6.48. The van der Waals surface area contributed by atoms with Gasteiger partial charge in [-0.25, -0.2) is 4.98 Å². The van der Waals surface area contributed by atoms with Crippen LogP contribution >= 0.6 is 11.6 Å². The summed E-state index contributed by atoms with van der Waals surface area (Å²) in [5.41, 5.74) is 3.71. The minimum atomic E-state index is -0.499. The van der Waals surface area contributed by atoms with Crippen molar-refractivity contribution in [3.8, 4) is 16.9 Å². The maximum Gasteiger partial charge on any atom is 0.263 e. The quantitative estimate of drug-likeness (QED) is 0.639. The highest BCUT2D eigenvalue weighted by Gasteiger charge is 2.36. The van der Waals surface area contributed by atoms with Crippen molar-refractivity contribution in [2.24, 2.45) is 0 Å². The van der Waals surface area contributed by atoms with E-state index in [1.54, 1.807) is 6.20 Å². The summed E-state index contributed by atoms with van der Waals surface area (Å²) < 4.78 is 11.8. The molecule has 2 fully saturated rings. The molecule has 2 aromatic heterocycles. The second-order valence-corrected chi connectivity index (χ2v) is 9.49. The van der Waals surface area contributed by atoms with E-state index in [1.165, 1.54) is 0 Å². The molecule has 1 amide bonds. The molecule has 3 aromatic rings. The minimum Gasteiger partial charge on any atom is -0.479 e. The van der Waals surface area contributed by atoms with Gasteiger partial charge in [-0.3, -0.25) is 9.69 Å². The van der Waals surface area contributed by atoms with Crippen molar-refractivity contribution in [3.63, 3.8) is 0 Å². The first-order valence-corrected chi connectivity index (χ1v) is 12.1. The lowest BCUT2D eigenvalue weighted by Gasteiger charge is -2.40. The first-order valence-electron chi connectivity index (χ1n) is 11.7. The Bertz CT molecular complexity index is 1180. The number of likely N-dealkylation sites (tertiary alicyclic amines) is 1. The Morgan fingerprint density at radius 1 is 1.09 bits per heavy atom. The van der Waals surface area contributed by atoms with Gasteiger partial charge in [0.05, 0.1) is 13.2 Å². The van der Waals surface area contributed by atoms with Crippen LogP contribution in [0.1, 0.15) is 18.4 Å². The van der Waals surface area contributed by atoms with Gasteiger partial charge in [-0.1, -0.05) is 11.6 Å². The van der Waals surface area contributed by atoms with Gasteiger partial charge in [0.15, 0.2) is 6.10 Å². The summed E-state index contributed by atoms with van der Waals surface area (Å²) in [7, 11) is 0. The number of hydrogen-bond donors (Lipinski definition) is 1. The number of pyridine rings is 1. The molecule has 0 saturated carbocycles. The normalized spacial score (nSPS) is 21.8. The van der Waals surface area contributed by atoms with Crippen LogP contribution in [-0.2, 0) is 16.0 Å². The SMILES string of the molecule is O=C([C@@H]1Cc2cc(Cl)cc(-c3ccnc4[nH]ccc34)c2O1)N1CCC(N2CCOCC2)CC1. The Morgan fingerprint density at radius 2 is 1.91 bits per heavy atom. The van der Waals surface area contributed by atoms with Crippen molar-refractivity contribution >= 4 is 28.5 Å². The number of piperidine rings is 1. The Kier molecular flexibility index (Phi) is 5.48. The van der Waals surface area contributed by atoms with Gasteiger partial charge in [-0.05, 0) is 42.7 Å². The number of hydrogen-bond acceptors (Lipinski definition) is 5. The third-order valence-electron chi connectivity index (χ3n) is 7.16. The number of amides is 1. The average molecular weight is 467 g/mol. The number of carbonyl (C=O) groups is 1. The number of halogens is 1. The maximum absolute atomic E-state index is 13.4. The molecule has 0 unspecified atom stereocenters. The van der Waals surface area contributed by atoms with Crippen LogP contribution in [0.2, 0.25) is 5.02 Å². The van der Waals surface area contributed by atoms with Crippen LogP contribution in [0.25, 0.3) is 22.2 Å². The summed E-state index contributed by atoms with van der Waals surface area (Å²) in [6, 6.07) is 8.36. The lowest BCUT2D eigenvalue weighted by atomic mass is 9.98. The van der Waals surface area contributed by atoms with E-state index in [0.717, 1.165) is 85.7 Å². The number of ether oxygens (including phenoxy) is 2. The molecule has 0 radical (unpaired) electrons. The lowest BCUT2D eigenvalue weighted by molar-refractivity contribution is -0.139. The highest BCUT2D eigenvalue weighted by molar-refractivity contribution is 6.31. The van der Waals surface area contributed by atoms with Crippen LogP contribution in [0, 0.1) is 0 Å². The first kappa shape index (κ1) is 21.0. The Balaban J connectivity index is 1.20. The molecule has 0 bridgehead atoms. The molecule has 0 aliphatic carbocycles. The molecule has 3 aliphatic rings. The standard InChI is InChI=1S/C25H27ClN4O3/c26-17-13-16-14-22(25(31)30-7-3-18(4-8-30)29-9-11-32-12-10-29)33-23(16)21(15-17)19-1-5-27-24-20(19)2-6-28-24/h1-2,5-6,13,15,18,22H,3-4,7-12,14H2,(H,27,28)/t22-/m0/s1. The van der Waals surface area contributed by atoms with Crippen LogP contribution < -0.4 is 4.74 Å². The van der Waals surface area contributed by atoms with E-state index >= 15 is 0 Å². The molecule has 2 saturated heterocycles. The number of nitrogens with zero attached hydrogens (tertiary/aromatic N) is 3. The van der Waals surface area contributed by atoms with Gasteiger partial charge in [0, 0.05) is 72.6 Å². The van der Waals surface area contributed by atoms with Crippen LogP contribution in [0.3, 0.4) is 0 Å². The number of nitrogens with one attached hydrogen (secondary N) is 1. The predicted octanol–water partition coefficient (Wildman–Crippen LogP) is 3.51. The van der Waals surface area contributed by atoms with E-state index in [2.05, 4.69) is 14.9 Å². The number of aromatic nitrogens is 2. The Morgan fingerprint density at radius 3 is 2.73 bits per heavy atom. The fraction of sp³-hybridized carbons (Fsp3) is 0.440. The zero-order valence-corrected chi connectivity index (χ0v) is 19.2. The van der Waals surface area contributed by atoms with Gasteiger partial charge in [0.2, 0.25) is 0 Å². The number of morpholine rings is 1. The second kappa shape index (κ2) is 8.63. The van der Waals surface area contributed by atoms with E-state index in [0.29, 0.717) is 17.5 Å². The highest BCUT2D eigenvalue weighted by Crippen LogP contribution is 2.43. The fourth-order valence-corrected chi connectivity index (χ4v) is 5.70. The van der Waals surface area contributed by atoms with Gasteiger partial charge < -0.3 is 19.4 Å². The third-order valence-corrected chi connectivity index (χ3v) is 7.38. The second-order valence-electron chi connectivity index (χ2n) is 9.06. The average Bonchev–Trinajstić information content (AvgIpc) is 3.51. The van der Waals surface area contributed by atoms with Crippen molar-refractivity contribution in [1.82, 2.24) is 19.8 Å². The van der Waals surface area contributed by atoms with E-state index in [1.807, 2.05) is 35.4 Å². The van der Waals surface area contributed by atoms with Crippen LogP contribution in [0.15, 0.2) is 36.7 Å². The molecule has 1 N–H and O–H groups in total. The molecule has 3 aliphatic heterocycles. The molecule has 1 atom stereocenters. The summed E-state index contributed by atoms with van der Waals surface area (Å²) in [6.07, 6.45) is 5.71. The monoisotopic (exact) mass is 466 g/mol. The van der Waals surface area contributed by atoms with E-state index < -0.39 is 6.10 Å². The smallest absolute Gasteiger partial charge is 0.263 e. The molecule has 1 aromatic carbocycles. The van der Waals surface area contributed by atoms with Crippen molar-refractivity contribution in [1.29, 1.82) is 0 Å². The fourth-order valence-electron chi connectivity index (χ4n) is 5.46. The minimum absolute atomic E-state index is 0.0789. The van der Waals surface area contributed by atoms with Crippen molar-refractivity contribution in [3.05, 3.63) is 47.2 Å². The lowest BCUT2D eigenvalue weighted by Crippen LogP contribution is -2.52. The van der Waals surface area contributed by atoms with E-state index in [9.17, 15) is 4.79 Å². The van der Waals surface area contributed by atoms with Gasteiger partial charge in [0.25, 0.3) is 5.91 Å². The highest BCUT2D eigenvalue weighted by atomic mass is 35.5. The number of carbonyl (C=O) groups excluding carboxylic acids is 1. The van der Waals surface area contributed by atoms with E-state index in [-0.39, 0.29) is 5.91 Å². The summed E-state index contributed by atoms with van der Waals surface area (Å²) in [6.45, 7) is 5.16. The molecule has 5 heterocycles. The molecular weight excluding hydrogens is 440 g/mol. The Hall–Kier alpha value is -2.61. The number of rotatable bonds is 3. The molecule has 33 heavy (non-hydrogen) atoms. The van der Waals surface area contributed by atoms with Crippen LogP contribution in [-0.4, -0.2) is 77.2 Å². The largest absolute Gasteiger partial charge is 0.479 e. The third kappa shape index (κ3) is 3.88. The molecular formula is C25H27ClN4O3. The molecule has 8 heteroatoms. The predicted molar refractivity (Wildman–Crippen MR) is 127 cm³/mol. The van der Waals surface area contributed by atoms with Crippen LogP contribution in [0.4, 0.5) is 0 Å². The van der Waals surface area contributed by atoms with Crippen LogP contribution in [0.5, 0.6) is 5.75 Å². The number of benzene rings is 1. The first-order chi connectivity index (χ1) is 16.2. The number of aromatic amines is 1. The summed E-state index contributed by atoms with van der Waals surface area (Å²) in [4.78, 5) is 25.4. The molecule has 172 valence electrons. The zero-order chi connectivity index (χ0) is 22.4. The van der Waals surface area contributed by atoms with Crippen molar-refractivity contribution < 1.29 is 14.3 Å².